The van der Waals surface area contributed by atoms with Crippen LogP contribution in [0.5, 0.6) is 0 Å². The lowest BCUT2D eigenvalue weighted by atomic mass is 10.1. The highest BCUT2D eigenvalue weighted by Crippen LogP contribution is 2.18. The van der Waals surface area contributed by atoms with E-state index < -0.39 is 0 Å². The molecule has 0 radical (unpaired) electrons. The lowest BCUT2D eigenvalue weighted by Crippen LogP contribution is -2.36. The highest BCUT2D eigenvalue weighted by atomic mass is 35.5. The molecule has 2 aromatic carbocycles. The van der Waals surface area contributed by atoms with Gasteiger partial charge in [-0.1, -0.05) is 48.9 Å². The van der Waals surface area contributed by atoms with E-state index >= 15 is 0 Å². The molecule has 3 aromatic rings. The van der Waals surface area contributed by atoms with Gasteiger partial charge in [-0.25, -0.2) is 4.68 Å². The van der Waals surface area contributed by atoms with E-state index in [1.165, 1.54) is 0 Å². The number of benzene rings is 2. The predicted molar refractivity (Wildman–Crippen MR) is 123 cm³/mol. The molecule has 0 bridgehead atoms. The Labute approximate surface area is 187 Å². The van der Waals surface area contributed by atoms with Gasteiger partial charge in [0.1, 0.15) is 5.82 Å². The summed E-state index contributed by atoms with van der Waals surface area (Å²) in [5.74, 6) is 0.824. The SMILES string of the molecule is CCCNC(=O)CN(C)Cn1nc(Cc2ccccc2)n(-c2ccc(Cl)cc2)c1=S. The Balaban J connectivity index is 1.89. The number of aromatic nitrogens is 3. The van der Waals surface area contributed by atoms with Crippen LogP contribution in [0.15, 0.2) is 54.6 Å². The zero-order chi connectivity index (χ0) is 21.5. The first-order valence-corrected chi connectivity index (χ1v) is 10.7. The van der Waals surface area contributed by atoms with E-state index in [-0.39, 0.29) is 12.5 Å². The van der Waals surface area contributed by atoms with E-state index in [1.54, 1.807) is 4.68 Å². The van der Waals surface area contributed by atoms with Crippen molar-refractivity contribution in [1.82, 2.24) is 24.6 Å². The van der Waals surface area contributed by atoms with Gasteiger partial charge in [0.15, 0.2) is 0 Å². The van der Waals surface area contributed by atoms with Crippen molar-refractivity contribution in [1.29, 1.82) is 0 Å². The summed E-state index contributed by atoms with van der Waals surface area (Å²) in [6.45, 7) is 3.41. The average Bonchev–Trinajstić information content (AvgIpc) is 3.02. The number of nitrogens with one attached hydrogen (secondary N) is 1. The van der Waals surface area contributed by atoms with E-state index in [2.05, 4.69) is 17.4 Å². The van der Waals surface area contributed by atoms with Gasteiger partial charge >= 0.3 is 0 Å². The minimum atomic E-state index is -0.00693. The van der Waals surface area contributed by atoms with E-state index in [0.29, 0.717) is 29.4 Å². The van der Waals surface area contributed by atoms with E-state index in [1.807, 2.05) is 65.9 Å². The van der Waals surface area contributed by atoms with Gasteiger partial charge in [0.05, 0.1) is 13.2 Å². The number of hydrogen-bond donors (Lipinski definition) is 1. The van der Waals surface area contributed by atoms with Crippen LogP contribution in [0.3, 0.4) is 0 Å². The minimum absolute atomic E-state index is 0.00693. The Kier molecular flexibility index (Phi) is 7.79. The molecule has 0 saturated heterocycles. The number of halogens is 1. The molecule has 0 unspecified atom stereocenters. The van der Waals surface area contributed by atoms with Crippen LogP contribution in [-0.2, 0) is 17.9 Å². The van der Waals surface area contributed by atoms with E-state index in [9.17, 15) is 4.79 Å². The van der Waals surface area contributed by atoms with Crippen LogP contribution in [0.2, 0.25) is 5.02 Å². The maximum Gasteiger partial charge on any atom is 0.234 e. The monoisotopic (exact) mass is 443 g/mol. The number of hydrogen-bond acceptors (Lipinski definition) is 4. The van der Waals surface area contributed by atoms with Crippen LogP contribution in [0, 0.1) is 4.77 Å². The normalized spacial score (nSPS) is 11.1. The highest BCUT2D eigenvalue weighted by Gasteiger charge is 2.15. The second-order valence-electron chi connectivity index (χ2n) is 7.18. The van der Waals surface area contributed by atoms with Crippen LogP contribution >= 0.6 is 23.8 Å². The van der Waals surface area contributed by atoms with Crippen molar-refractivity contribution in [2.45, 2.75) is 26.4 Å². The fourth-order valence-electron chi connectivity index (χ4n) is 3.13. The van der Waals surface area contributed by atoms with Crippen LogP contribution in [0.4, 0.5) is 0 Å². The van der Waals surface area contributed by atoms with Crippen LogP contribution in [0.1, 0.15) is 24.7 Å². The smallest absolute Gasteiger partial charge is 0.234 e. The van der Waals surface area contributed by atoms with Crippen LogP contribution < -0.4 is 5.32 Å². The van der Waals surface area contributed by atoms with Crippen molar-refractivity contribution < 1.29 is 4.79 Å². The first kappa shape index (κ1) is 22.2. The molecule has 0 spiro atoms. The Morgan fingerprint density at radius 3 is 2.53 bits per heavy atom. The van der Waals surface area contributed by atoms with Crippen molar-refractivity contribution in [3.63, 3.8) is 0 Å². The lowest BCUT2D eigenvalue weighted by molar-refractivity contribution is -0.122. The number of carbonyl (C=O) groups excluding carboxylic acids is 1. The maximum atomic E-state index is 12.0. The quantitative estimate of drug-likeness (QED) is 0.506. The summed E-state index contributed by atoms with van der Waals surface area (Å²) in [5, 5.41) is 8.34. The Hall–Kier alpha value is -2.48. The van der Waals surface area contributed by atoms with Crippen molar-refractivity contribution in [3.8, 4) is 5.69 Å². The van der Waals surface area contributed by atoms with Gasteiger partial charge in [-0.15, -0.1) is 0 Å². The Morgan fingerprint density at radius 1 is 1.17 bits per heavy atom. The summed E-state index contributed by atoms with van der Waals surface area (Å²) in [6.07, 6.45) is 1.55. The maximum absolute atomic E-state index is 12.0. The zero-order valence-corrected chi connectivity index (χ0v) is 18.8. The molecule has 0 fully saturated rings. The lowest BCUT2D eigenvalue weighted by Gasteiger charge is -2.15. The molecule has 0 aliphatic heterocycles. The number of nitrogens with zero attached hydrogens (tertiary/aromatic N) is 4. The predicted octanol–water partition coefficient (Wildman–Crippen LogP) is 4.06. The first-order chi connectivity index (χ1) is 14.5. The van der Waals surface area contributed by atoms with Crippen molar-refractivity contribution >= 4 is 29.7 Å². The molecule has 1 aromatic heterocycles. The molecular weight excluding hydrogens is 418 g/mol. The third-order valence-corrected chi connectivity index (χ3v) is 5.20. The van der Waals surface area contributed by atoms with Crippen molar-refractivity contribution in [3.05, 3.63) is 75.8 Å². The molecule has 158 valence electrons. The fraction of sp³-hybridized carbons (Fsp3) is 0.318. The summed E-state index contributed by atoms with van der Waals surface area (Å²) in [5.41, 5.74) is 2.05. The largest absolute Gasteiger partial charge is 0.355 e. The van der Waals surface area contributed by atoms with Gasteiger partial charge in [0.25, 0.3) is 0 Å². The van der Waals surface area contributed by atoms with Gasteiger partial charge in [-0.3, -0.25) is 14.3 Å². The summed E-state index contributed by atoms with van der Waals surface area (Å²) >= 11 is 11.8. The first-order valence-electron chi connectivity index (χ1n) is 9.91. The molecule has 1 N–H and O–H groups in total. The minimum Gasteiger partial charge on any atom is -0.355 e. The standard InChI is InChI=1S/C22H26ClN5OS/c1-3-13-24-21(29)15-26(2)16-27-22(30)28(19-11-9-18(23)10-12-19)20(25-27)14-17-7-5-4-6-8-17/h4-12H,3,13-16H2,1-2H3,(H,24,29). The molecule has 3 rings (SSSR count). The van der Waals surface area contributed by atoms with Gasteiger partial charge in [-0.05, 0) is 55.5 Å². The molecule has 1 amide bonds. The summed E-state index contributed by atoms with van der Waals surface area (Å²) in [7, 11) is 1.88. The molecule has 0 aliphatic rings. The Bertz CT molecular complexity index is 1030. The van der Waals surface area contributed by atoms with Crippen LogP contribution in [0.25, 0.3) is 5.69 Å². The molecule has 30 heavy (non-hydrogen) atoms. The molecule has 6 nitrogen and oxygen atoms in total. The molecule has 0 atom stereocenters. The van der Waals surface area contributed by atoms with Crippen molar-refractivity contribution in [2.24, 2.45) is 0 Å². The van der Waals surface area contributed by atoms with Gasteiger partial charge in [0.2, 0.25) is 10.7 Å². The van der Waals surface area contributed by atoms with Gasteiger partial charge in [-0.2, -0.15) is 5.10 Å². The van der Waals surface area contributed by atoms with E-state index in [0.717, 1.165) is 23.5 Å². The number of rotatable bonds is 9. The fourth-order valence-corrected chi connectivity index (χ4v) is 3.57. The highest BCUT2D eigenvalue weighted by molar-refractivity contribution is 7.71. The molecular formula is C22H26ClN5OS. The van der Waals surface area contributed by atoms with Crippen LogP contribution in [-0.4, -0.2) is 45.3 Å². The number of carbonyl (C=O) groups is 1. The summed E-state index contributed by atoms with van der Waals surface area (Å²) in [4.78, 5) is 13.9. The van der Waals surface area contributed by atoms with Gasteiger partial charge in [0, 0.05) is 23.7 Å². The third-order valence-electron chi connectivity index (χ3n) is 4.56. The second kappa shape index (κ2) is 10.5. The van der Waals surface area contributed by atoms with E-state index in [4.69, 9.17) is 28.9 Å². The number of likely N-dealkylation sites (N-methyl/N-ethyl adjacent to an activating group) is 1. The molecule has 0 aliphatic carbocycles. The average molecular weight is 444 g/mol. The summed E-state index contributed by atoms with van der Waals surface area (Å²) < 4.78 is 4.29. The molecule has 0 saturated carbocycles. The third kappa shape index (κ3) is 5.78. The second-order valence-corrected chi connectivity index (χ2v) is 7.98. The Morgan fingerprint density at radius 2 is 1.87 bits per heavy atom. The topological polar surface area (TPSA) is 55.1 Å². The molecule has 8 heteroatoms. The number of amides is 1. The summed E-state index contributed by atoms with van der Waals surface area (Å²) in [6, 6.07) is 17.7. The molecule has 1 heterocycles. The zero-order valence-electron chi connectivity index (χ0n) is 17.2. The van der Waals surface area contributed by atoms with Crippen molar-refractivity contribution in [2.75, 3.05) is 20.1 Å². The van der Waals surface area contributed by atoms with Gasteiger partial charge < -0.3 is 5.32 Å².